The summed E-state index contributed by atoms with van der Waals surface area (Å²) in [6.45, 7) is 1.24. The monoisotopic (exact) mass is 606 g/mol. The van der Waals surface area contributed by atoms with Gasteiger partial charge in [0.1, 0.15) is 36.0 Å². The molecule has 0 radical (unpaired) electrons. The maximum absolute atomic E-state index is 12.8. The van der Waals surface area contributed by atoms with Crippen LogP contribution < -0.4 is 25.6 Å². The lowest BCUT2D eigenvalue weighted by Gasteiger charge is -2.39. The number of nitrogens with zero attached hydrogens (tertiary/aromatic N) is 1. The van der Waals surface area contributed by atoms with Gasteiger partial charge >= 0.3 is 13.9 Å². The zero-order valence-corrected chi connectivity index (χ0v) is 24.7. The van der Waals surface area contributed by atoms with E-state index in [4.69, 9.17) is 23.5 Å². The Kier molecular flexibility index (Phi) is 9.19. The SMILES string of the molecule is COc1ccc(C(O[C@H]2C[C@H](n3cc(C)c(=O)[nH]c3=O)O[C@@H]2CO[P+](=O)[O-])(c2ccccc2)c2ccc(OC)cc2)cc1. The summed E-state index contributed by atoms with van der Waals surface area (Å²) < 4.78 is 41.8. The van der Waals surface area contributed by atoms with Gasteiger partial charge in [0.15, 0.2) is 0 Å². The highest BCUT2D eigenvalue weighted by molar-refractivity contribution is 7.30. The van der Waals surface area contributed by atoms with Crippen LogP contribution in [-0.4, -0.2) is 42.6 Å². The Morgan fingerprint density at radius 3 is 2.02 bits per heavy atom. The van der Waals surface area contributed by atoms with Gasteiger partial charge in [-0.15, -0.1) is 4.52 Å². The molecule has 0 saturated carbocycles. The van der Waals surface area contributed by atoms with E-state index in [1.165, 1.54) is 10.8 Å². The summed E-state index contributed by atoms with van der Waals surface area (Å²) in [6.07, 6.45) is -0.973. The van der Waals surface area contributed by atoms with Crippen LogP contribution in [0.3, 0.4) is 0 Å². The van der Waals surface area contributed by atoms with Crippen molar-refractivity contribution in [2.45, 2.75) is 37.4 Å². The van der Waals surface area contributed by atoms with Crippen LogP contribution >= 0.6 is 8.25 Å². The minimum atomic E-state index is -3.18. The molecule has 4 atom stereocenters. The molecule has 0 bridgehead atoms. The molecule has 1 N–H and O–H groups in total. The summed E-state index contributed by atoms with van der Waals surface area (Å²) in [5.41, 5.74) is 0.248. The van der Waals surface area contributed by atoms with Crippen molar-refractivity contribution >= 4 is 8.25 Å². The molecule has 1 unspecified atom stereocenters. The second kappa shape index (κ2) is 13.0. The maximum Gasteiger partial charge on any atom is 0.488 e. The van der Waals surface area contributed by atoms with E-state index in [0.29, 0.717) is 17.1 Å². The zero-order valence-electron chi connectivity index (χ0n) is 23.8. The molecule has 11 nitrogen and oxygen atoms in total. The Balaban J connectivity index is 1.66. The van der Waals surface area contributed by atoms with Crippen molar-refractivity contribution in [3.8, 4) is 11.5 Å². The average Bonchev–Trinajstić information content (AvgIpc) is 3.43. The number of methoxy groups -OCH3 is 2. The third kappa shape index (κ3) is 6.31. The van der Waals surface area contributed by atoms with E-state index >= 15 is 0 Å². The van der Waals surface area contributed by atoms with Crippen molar-refractivity contribution in [1.82, 2.24) is 9.55 Å². The molecule has 0 spiro atoms. The van der Waals surface area contributed by atoms with E-state index in [1.807, 2.05) is 78.9 Å². The molecule has 12 heteroatoms. The number of H-pyrrole nitrogens is 1. The smallest absolute Gasteiger partial charge is 0.488 e. The molecule has 2 heterocycles. The van der Waals surface area contributed by atoms with Crippen LogP contribution in [0.15, 0.2) is 94.6 Å². The Morgan fingerprint density at radius 2 is 1.49 bits per heavy atom. The number of nitrogens with one attached hydrogen (secondary N) is 1. The van der Waals surface area contributed by atoms with Gasteiger partial charge in [-0.25, -0.2) is 4.79 Å². The Morgan fingerprint density at radius 1 is 0.930 bits per heavy atom. The van der Waals surface area contributed by atoms with E-state index in [0.717, 1.165) is 16.7 Å². The van der Waals surface area contributed by atoms with Crippen molar-refractivity contribution in [1.29, 1.82) is 0 Å². The summed E-state index contributed by atoms with van der Waals surface area (Å²) in [5, 5.41) is 0. The number of benzene rings is 3. The van der Waals surface area contributed by atoms with Gasteiger partial charge in [0, 0.05) is 18.2 Å². The van der Waals surface area contributed by atoms with Gasteiger partial charge in [-0.2, -0.15) is 0 Å². The number of hydrogen-bond donors (Lipinski definition) is 1. The van der Waals surface area contributed by atoms with Gasteiger partial charge in [0.2, 0.25) is 0 Å². The molecule has 1 saturated heterocycles. The second-order valence-corrected chi connectivity index (χ2v) is 10.7. The molecule has 1 aliphatic rings. The van der Waals surface area contributed by atoms with Gasteiger partial charge in [-0.3, -0.25) is 14.3 Å². The molecule has 0 aliphatic carbocycles. The van der Waals surface area contributed by atoms with Crippen molar-refractivity contribution in [3.63, 3.8) is 0 Å². The third-order valence-electron chi connectivity index (χ3n) is 7.48. The number of aromatic nitrogens is 2. The Labute approximate surface area is 248 Å². The van der Waals surface area contributed by atoms with Crippen molar-refractivity contribution in [2.75, 3.05) is 20.8 Å². The number of rotatable bonds is 11. The molecule has 224 valence electrons. The first-order valence-electron chi connectivity index (χ1n) is 13.5. The second-order valence-electron chi connectivity index (χ2n) is 10.0. The zero-order chi connectivity index (χ0) is 30.6. The van der Waals surface area contributed by atoms with Gasteiger partial charge in [-0.05, 0) is 52.4 Å². The number of hydrogen-bond acceptors (Lipinski definition) is 9. The fourth-order valence-corrected chi connectivity index (χ4v) is 5.60. The van der Waals surface area contributed by atoms with E-state index < -0.39 is 43.5 Å². The average molecular weight is 607 g/mol. The van der Waals surface area contributed by atoms with Crippen molar-refractivity contribution in [2.24, 2.45) is 0 Å². The molecule has 1 aromatic heterocycles. The van der Waals surface area contributed by atoms with Gasteiger partial charge in [0.05, 0.1) is 20.3 Å². The first-order valence-corrected chi connectivity index (χ1v) is 14.6. The summed E-state index contributed by atoms with van der Waals surface area (Å²) in [4.78, 5) is 38.5. The van der Waals surface area contributed by atoms with Crippen molar-refractivity contribution in [3.05, 3.63) is 128 Å². The number of aryl methyl sites for hydroxylation is 1. The van der Waals surface area contributed by atoms with Crippen LogP contribution in [0.25, 0.3) is 0 Å². The number of aromatic amines is 1. The van der Waals surface area contributed by atoms with Crippen LogP contribution in [0.2, 0.25) is 0 Å². The molecule has 43 heavy (non-hydrogen) atoms. The minimum absolute atomic E-state index is 0.149. The van der Waals surface area contributed by atoms with E-state index in [9.17, 15) is 19.0 Å². The van der Waals surface area contributed by atoms with Crippen LogP contribution in [0.5, 0.6) is 11.5 Å². The highest BCUT2D eigenvalue weighted by atomic mass is 31.1. The molecule has 0 amide bonds. The fraction of sp³-hybridized carbons (Fsp3) is 0.290. The molecule has 1 fully saturated rings. The Hall–Kier alpha value is -4.12. The topological polar surface area (TPSA) is 141 Å². The fourth-order valence-electron chi connectivity index (χ4n) is 5.34. The predicted molar refractivity (Wildman–Crippen MR) is 155 cm³/mol. The molecule has 4 aromatic rings. The van der Waals surface area contributed by atoms with Crippen LogP contribution in [0.4, 0.5) is 0 Å². The molecular weight excluding hydrogens is 575 g/mol. The van der Waals surface area contributed by atoms with Gasteiger partial charge < -0.3 is 23.8 Å². The normalized spacial score (nSPS) is 18.8. The van der Waals surface area contributed by atoms with Gasteiger partial charge in [0.25, 0.3) is 5.56 Å². The summed E-state index contributed by atoms with van der Waals surface area (Å²) in [5.74, 6) is 1.31. The van der Waals surface area contributed by atoms with Crippen LogP contribution in [0, 0.1) is 6.92 Å². The van der Waals surface area contributed by atoms with E-state index in [2.05, 4.69) is 4.98 Å². The predicted octanol–water partition coefficient (Wildman–Crippen LogP) is 3.56. The van der Waals surface area contributed by atoms with Crippen molar-refractivity contribution < 1.29 is 32.9 Å². The van der Waals surface area contributed by atoms with E-state index in [-0.39, 0.29) is 13.0 Å². The van der Waals surface area contributed by atoms with Gasteiger partial charge in [-0.1, -0.05) is 54.6 Å². The highest BCUT2D eigenvalue weighted by Crippen LogP contribution is 2.45. The maximum atomic E-state index is 12.8. The first-order chi connectivity index (χ1) is 20.7. The third-order valence-corrected chi connectivity index (χ3v) is 7.84. The summed E-state index contributed by atoms with van der Waals surface area (Å²) >= 11 is 0. The minimum Gasteiger partial charge on any atom is -0.566 e. The highest BCUT2D eigenvalue weighted by Gasteiger charge is 2.47. The number of ether oxygens (including phenoxy) is 4. The molecule has 5 rings (SSSR count). The lowest BCUT2D eigenvalue weighted by atomic mass is 9.79. The lowest BCUT2D eigenvalue weighted by Crippen LogP contribution is -2.41. The van der Waals surface area contributed by atoms with E-state index in [1.54, 1.807) is 21.1 Å². The van der Waals surface area contributed by atoms with Crippen LogP contribution in [-0.2, 0) is 24.2 Å². The first kappa shape index (κ1) is 30.3. The summed E-state index contributed by atoms with van der Waals surface area (Å²) in [6, 6.07) is 24.5. The quantitative estimate of drug-likeness (QED) is 0.200. The summed E-state index contributed by atoms with van der Waals surface area (Å²) in [7, 11) is -0.00587. The standard InChI is InChI=1S/C31H31N2O9P/c1-20-18-33(30(35)32-29(20)34)28-17-26(27(41-28)19-40-43(36)37)42-31(21-7-5-4-6-8-21,22-9-13-24(38-2)14-10-22)23-11-15-25(39-3)16-12-23/h4-16,18,26-28H,17,19H2,1-3H3,(H,32,34,35)/t26-,27+,28+/m0/s1. The van der Waals surface area contributed by atoms with Crippen LogP contribution in [0.1, 0.15) is 34.9 Å². The lowest BCUT2D eigenvalue weighted by molar-refractivity contribution is -0.190. The molecule has 1 aliphatic heterocycles. The largest absolute Gasteiger partial charge is 0.566 e. The molecule has 3 aromatic carbocycles. The molecular formula is C31H31N2O9P. The Bertz CT molecular complexity index is 1620.